The molecule has 3 rings (SSSR count). The highest BCUT2D eigenvalue weighted by atomic mass is 19.1. The first-order valence-corrected chi connectivity index (χ1v) is 8.72. The number of pyridine rings is 1. The smallest absolute Gasteiger partial charge is 0.223 e. The summed E-state index contributed by atoms with van der Waals surface area (Å²) in [6, 6.07) is 10.8. The highest BCUT2D eigenvalue weighted by Crippen LogP contribution is 2.33. The van der Waals surface area contributed by atoms with Crippen LogP contribution in [0.3, 0.4) is 0 Å². The first kappa shape index (κ1) is 17.4. The van der Waals surface area contributed by atoms with Crippen LogP contribution in [-0.2, 0) is 11.2 Å². The minimum atomic E-state index is -0.238. The maximum atomic E-state index is 13.7. The van der Waals surface area contributed by atoms with E-state index in [4.69, 9.17) is 0 Å². The fourth-order valence-electron chi connectivity index (χ4n) is 3.38. The van der Waals surface area contributed by atoms with Crippen LogP contribution < -0.4 is 4.90 Å². The van der Waals surface area contributed by atoms with E-state index in [0.717, 1.165) is 30.8 Å². The van der Waals surface area contributed by atoms with Crippen molar-refractivity contribution in [3.63, 3.8) is 0 Å². The van der Waals surface area contributed by atoms with Gasteiger partial charge in [0.05, 0.1) is 6.04 Å². The number of benzene rings is 1. The van der Waals surface area contributed by atoms with Crippen LogP contribution >= 0.6 is 0 Å². The molecule has 0 bridgehead atoms. The molecule has 0 radical (unpaired) electrons. The molecule has 5 heteroatoms. The van der Waals surface area contributed by atoms with Crippen molar-refractivity contribution in [3.05, 3.63) is 59.5 Å². The number of amides is 1. The first-order chi connectivity index (χ1) is 12.1. The van der Waals surface area contributed by atoms with Crippen molar-refractivity contribution in [2.75, 3.05) is 25.5 Å². The summed E-state index contributed by atoms with van der Waals surface area (Å²) in [5.74, 6) is 0.746. The molecular weight excluding hydrogens is 317 g/mol. The molecule has 0 aliphatic carbocycles. The van der Waals surface area contributed by atoms with Crippen molar-refractivity contribution in [2.45, 2.75) is 31.7 Å². The molecule has 1 aliphatic heterocycles. The largest absolute Gasteiger partial charge is 0.363 e. The summed E-state index contributed by atoms with van der Waals surface area (Å²) in [7, 11) is 3.91. The van der Waals surface area contributed by atoms with E-state index < -0.39 is 0 Å². The molecule has 0 unspecified atom stereocenters. The zero-order valence-electron chi connectivity index (χ0n) is 14.8. The van der Waals surface area contributed by atoms with Gasteiger partial charge in [0.2, 0.25) is 5.91 Å². The molecule has 0 spiro atoms. The Kier molecular flexibility index (Phi) is 5.31. The van der Waals surface area contributed by atoms with Gasteiger partial charge in [-0.25, -0.2) is 9.37 Å². The van der Waals surface area contributed by atoms with Crippen molar-refractivity contribution in [3.8, 4) is 0 Å². The van der Waals surface area contributed by atoms with Crippen molar-refractivity contribution >= 4 is 11.7 Å². The molecule has 0 N–H and O–H groups in total. The summed E-state index contributed by atoms with van der Waals surface area (Å²) in [5.41, 5.74) is 1.72. The molecule has 1 aromatic carbocycles. The summed E-state index contributed by atoms with van der Waals surface area (Å²) in [4.78, 5) is 21.0. The van der Waals surface area contributed by atoms with E-state index in [2.05, 4.69) is 4.98 Å². The number of aryl methyl sites for hydroxylation is 1. The van der Waals surface area contributed by atoms with E-state index >= 15 is 0 Å². The van der Waals surface area contributed by atoms with Crippen LogP contribution in [0.4, 0.5) is 10.2 Å². The Morgan fingerprint density at radius 3 is 2.88 bits per heavy atom. The van der Waals surface area contributed by atoms with Gasteiger partial charge in [0, 0.05) is 33.3 Å². The SMILES string of the molecule is CN(C)c1cc([C@H]2CCCN2C(=O)CCc2ccccc2F)ccn1. The molecule has 2 aromatic rings. The van der Waals surface area contributed by atoms with Crippen LogP contribution in [-0.4, -0.2) is 36.4 Å². The molecule has 1 aliphatic rings. The predicted octanol–water partition coefficient (Wildman–Crippen LogP) is 3.58. The molecule has 2 heterocycles. The van der Waals surface area contributed by atoms with Gasteiger partial charge in [-0.2, -0.15) is 0 Å². The number of rotatable bonds is 5. The van der Waals surface area contributed by atoms with E-state index in [1.165, 1.54) is 6.07 Å². The second kappa shape index (κ2) is 7.64. The third-order valence-electron chi connectivity index (χ3n) is 4.75. The summed E-state index contributed by atoms with van der Waals surface area (Å²) >= 11 is 0. The molecular formula is C20H24FN3O. The van der Waals surface area contributed by atoms with Crippen molar-refractivity contribution in [1.82, 2.24) is 9.88 Å². The van der Waals surface area contributed by atoms with Crippen LogP contribution in [0.15, 0.2) is 42.6 Å². The maximum Gasteiger partial charge on any atom is 0.223 e. The van der Waals surface area contributed by atoms with E-state index in [1.54, 1.807) is 24.4 Å². The quantitative estimate of drug-likeness (QED) is 0.834. The summed E-state index contributed by atoms with van der Waals surface area (Å²) in [5, 5.41) is 0. The first-order valence-electron chi connectivity index (χ1n) is 8.72. The third kappa shape index (κ3) is 3.98. The molecule has 1 amide bonds. The number of carbonyl (C=O) groups excluding carboxylic acids is 1. The Labute approximate surface area is 148 Å². The second-order valence-corrected chi connectivity index (χ2v) is 6.68. The van der Waals surface area contributed by atoms with Gasteiger partial charge in [-0.05, 0) is 48.6 Å². The normalized spacial score (nSPS) is 16.9. The van der Waals surface area contributed by atoms with Crippen LogP contribution in [0.25, 0.3) is 0 Å². The molecule has 0 saturated carbocycles. The Hall–Kier alpha value is -2.43. The van der Waals surface area contributed by atoms with E-state index in [-0.39, 0.29) is 17.8 Å². The van der Waals surface area contributed by atoms with Crippen molar-refractivity contribution in [2.24, 2.45) is 0 Å². The molecule has 1 atom stereocenters. The number of nitrogens with zero attached hydrogens (tertiary/aromatic N) is 3. The molecule has 132 valence electrons. The maximum absolute atomic E-state index is 13.7. The zero-order chi connectivity index (χ0) is 17.8. The Morgan fingerprint density at radius 2 is 2.12 bits per heavy atom. The second-order valence-electron chi connectivity index (χ2n) is 6.68. The van der Waals surface area contributed by atoms with Crippen molar-refractivity contribution < 1.29 is 9.18 Å². The molecule has 1 saturated heterocycles. The van der Waals surface area contributed by atoms with Gasteiger partial charge >= 0.3 is 0 Å². The van der Waals surface area contributed by atoms with Gasteiger partial charge in [-0.3, -0.25) is 4.79 Å². The molecule has 4 nitrogen and oxygen atoms in total. The van der Waals surface area contributed by atoms with Gasteiger partial charge in [0.1, 0.15) is 11.6 Å². The van der Waals surface area contributed by atoms with Gasteiger partial charge < -0.3 is 9.80 Å². The summed E-state index contributed by atoms with van der Waals surface area (Å²) in [6.07, 6.45) is 4.53. The predicted molar refractivity (Wildman–Crippen MR) is 97.0 cm³/mol. The standard InChI is InChI=1S/C20H24FN3O/c1-23(2)19-14-16(11-12-22-19)18-8-5-13-24(18)20(25)10-9-15-6-3-4-7-17(15)21/h3-4,6-7,11-12,14,18H,5,8-10,13H2,1-2H3/t18-/m1/s1. The van der Waals surface area contributed by atoms with Crippen LogP contribution in [0.1, 0.15) is 36.4 Å². The number of halogens is 1. The summed E-state index contributed by atoms with van der Waals surface area (Å²) in [6.45, 7) is 0.764. The van der Waals surface area contributed by atoms with E-state index in [9.17, 15) is 9.18 Å². The van der Waals surface area contributed by atoms with Gasteiger partial charge in [0.25, 0.3) is 0 Å². The molecule has 1 fully saturated rings. The Morgan fingerprint density at radius 1 is 1.32 bits per heavy atom. The monoisotopic (exact) mass is 341 g/mol. The lowest BCUT2D eigenvalue weighted by molar-refractivity contribution is -0.132. The van der Waals surface area contributed by atoms with E-state index in [1.807, 2.05) is 36.0 Å². The molecule has 25 heavy (non-hydrogen) atoms. The average molecular weight is 341 g/mol. The highest BCUT2D eigenvalue weighted by Gasteiger charge is 2.30. The fraction of sp³-hybridized carbons (Fsp3) is 0.400. The topological polar surface area (TPSA) is 36.4 Å². The number of anilines is 1. The lowest BCUT2D eigenvalue weighted by atomic mass is 10.0. The number of likely N-dealkylation sites (tertiary alicyclic amines) is 1. The third-order valence-corrected chi connectivity index (χ3v) is 4.75. The fourth-order valence-corrected chi connectivity index (χ4v) is 3.38. The number of hydrogen-bond donors (Lipinski definition) is 0. The average Bonchev–Trinajstić information content (AvgIpc) is 3.11. The minimum Gasteiger partial charge on any atom is -0.363 e. The van der Waals surface area contributed by atoms with Gasteiger partial charge in [-0.1, -0.05) is 18.2 Å². The number of carbonyl (C=O) groups is 1. The highest BCUT2D eigenvalue weighted by molar-refractivity contribution is 5.77. The van der Waals surface area contributed by atoms with Crippen LogP contribution in [0.2, 0.25) is 0 Å². The lowest BCUT2D eigenvalue weighted by Crippen LogP contribution is -2.31. The Bertz CT molecular complexity index is 747. The van der Waals surface area contributed by atoms with Crippen molar-refractivity contribution in [1.29, 1.82) is 0 Å². The number of hydrogen-bond acceptors (Lipinski definition) is 3. The lowest BCUT2D eigenvalue weighted by Gasteiger charge is -2.26. The minimum absolute atomic E-state index is 0.0916. The summed E-state index contributed by atoms with van der Waals surface area (Å²) < 4.78 is 13.7. The molecule has 1 aromatic heterocycles. The Balaban J connectivity index is 1.70. The van der Waals surface area contributed by atoms with Crippen LogP contribution in [0, 0.1) is 5.82 Å². The number of aromatic nitrogens is 1. The van der Waals surface area contributed by atoms with Gasteiger partial charge in [-0.15, -0.1) is 0 Å². The van der Waals surface area contributed by atoms with E-state index in [0.29, 0.717) is 18.4 Å². The van der Waals surface area contributed by atoms with Crippen LogP contribution in [0.5, 0.6) is 0 Å². The zero-order valence-corrected chi connectivity index (χ0v) is 14.8. The van der Waals surface area contributed by atoms with Gasteiger partial charge in [0.15, 0.2) is 0 Å².